The Hall–Kier alpha value is -0.0662. The van der Waals surface area contributed by atoms with Crippen molar-refractivity contribution < 1.29 is 26.6 Å². The molecule has 0 saturated carbocycles. The normalized spacial score (nSPS) is 10.9. The maximum absolute atomic E-state index is 4.96. The molecule has 0 aromatic rings. The van der Waals surface area contributed by atoms with Gasteiger partial charge in [-0.1, -0.05) is 6.58 Å². The summed E-state index contributed by atoms with van der Waals surface area (Å²) >= 11 is 0. The van der Waals surface area contributed by atoms with Gasteiger partial charge in [0, 0.05) is 42.7 Å². The third-order valence-corrected chi connectivity index (χ3v) is 5.04. The maximum Gasteiger partial charge on any atom is 0.528 e. The zero-order valence-corrected chi connectivity index (χ0v) is 13.0. The molecular weight excluding hydrogens is 248 g/mol. The zero-order valence-electron chi connectivity index (χ0n) is 10.8. The van der Waals surface area contributed by atoms with Crippen molar-refractivity contribution in [2.75, 3.05) is 42.7 Å². The van der Waals surface area contributed by atoms with Crippen LogP contribution in [-0.2, 0) is 26.6 Å². The molecule has 0 fully saturated rings. The minimum Gasteiger partial charge on any atom is -0.379 e. The van der Waals surface area contributed by atoms with Crippen LogP contribution in [0.1, 0.15) is 0 Å². The first kappa shape index (κ1) is 18.3. The van der Waals surface area contributed by atoms with Crippen LogP contribution in [0.15, 0.2) is 12.3 Å². The average molecular weight is 270 g/mol. The molecular formula is C8H22O6Si2. The fourth-order valence-corrected chi connectivity index (χ4v) is 2.37. The molecule has 0 spiro atoms. The van der Waals surface area contributed by atoms with Crippen LogP contribution in [0.25, 0.3) is 0 Å². The molecule has 0 aromatic carbocycles. The van der Waals surface area contributed by atoms with Crippen molar-refractivity contribution >= 4 is 18.3 Å². The van der Waals surface area contributed by atoms with E-state index in [1.165, 1.54) is 0 Å². The summed E-state index contributed by atoms with van der Waals surface area (Å²) in [7, 11) is 5.25. The molecule has 8 heteroatoms. The lowest BCUT2D eigenvalue weighted by Gasteiger charge is -2.19. The van der Waals surface area contributed by atoms with Crippen molar-refractivity contribution in [3.05, 3.63) is 12.3 Å². The standard InChI is InChI=1S/C5H12O3Si.C3H10O3Si/c1-5-9(6-2,7-3)8-4;1-4-7(5-2)6-3/h5H,1H2,2-4H3;7H,1-3H3. The lowest BCUT2D eigenvalue weighted by atomic mass is 11.3. The van der Waals surface area contributed by atoms with Gasteiger partial charge in [0.2, 0.25) is 0 Å². The van der Waals surface area contributed by atoms with Crippen molar-refractivity contribution in [2.45, 2.75) is 0 Å². The Morgan fingerprint density at radius 3 is 1.12 bits per heavy atom. The van der Waals surface area contributed by atoms with Gasteiger partial charge in [0.25, 0.3) is 0 Å². The summed E-state index contributed by atoms with van der Waals surface area (Å²) in [6, 6.07) is 0. The van der Waals surface area contributed by atoms with E-state index >= 15 is 0 Å². The highest BCUT2D eigenvalue weighted by molar-refractivity contribution is 6.66. The van der Waals surface area contributed by atoms with Crippen molar-refractivity contribution in [1.29, 1.82) is 0 Å². The van der Waals surface area contributed by atoms with Gasteiger partial charge in [-0.3, -0.25) is 0 Å². The van der Waals surface area contributed by atoms with E-state index in [1.807, 2.05) is 0 Å². The third kappa shape index (κ3) is 7.25. The molecule has 0 N–H and O–H groups in total. The topological polar surface area (TPSA) is 55.4 Å². The summed E-state index contributed by atoms with van der Waals surface area (Å²) in [6.07, 6.45) is 0. The molecule has 0 bridgehead atoms. The molecule has 0 saturated heterocycles. The van der Waals surface area contributed by atoms with Gasteiger partial charge < -0.3 is 26.6 Å². The first-order chi connectivity index (χ1) is 7.59. The molecule has 0 amide bonds. The van der Waals surface area contributed by atoms with Gasteiger partial charge in [0.1, 0.15) is 0 Å². The molecule has 0 heterocycles. The van der Waals surface area contributed by atoms with Gasteiger partial charge in [0.15, 0.2) is 0 Å². The maximum atomic E-state index is 4.96. The second-order valence-corrected chi connectivity index (χ2v) is 7.25. The van der Waals surface area contributed by atoms with Crippen LogP contribution in [0.5, 0.6) is 0 Å². The molecule has 6 nitrogen and oxygen atoms in total. The minimum atomic E-state index is -2.43. The van der Waals surface area contributed by atoms with Crippen LogP contribution in [0.4, 0.5) is 0 Å². The number of hydrogen-bond acceptors (Lipinski definition) is 6. The van der Waals surface area contributed by atoms with E-state index in [2.05, 4.69) is 6.58 Å². The lowest BCUT2D eigenvalue weighted by molar-refractivity contribution is 0.138. The SMILES string of the molecule is C=C[Si](OC)(OC)OC.CO[SiH](OC)OC. The summed E-state index contributed by atoms with van der Waals surface area (Å²) in [4.78, 5) is 0. The highest BCUT2D eigenvalue weighted by Gasteiger charge is 2.33. The third-order valence-electron chi connectivity index (χ3n) is 1.68. The molecule has 0 aliphatic rings. The van der Waals surface area contributed by atoms with Gasteiger partial charge in [-0.05, 0) is 5.70 Å². The monoisotopic (exact) mass is 270 g/mol. The Morgan fingerprint density at radius 1 is 0.812 bits per heavy atom. The Morgan fingerprint density at radius 2 is 1.12 bits per heavy atom. The fourth-order valence-electron chi connectivity index (χ4n) is 0.789. The largest absolute Gasteiger partial charge is 0.528 e. The van der Waals surface area contributed by atoms with E-state index in [0.717, 1.165) is 0 Å². The van der Waals surface area contributed by atoms with Gasteiger partial charge in [-0.2, -0.15) is 0 Å². The van der Waals surface area contributed by atoms with Crippen molar-refractivity contribution in [3.8, 4) is 0 Å². The Kier molecular flexibility index (Phi) is 13.1. The van der Waals surface area contributed by atoms with Crippen LogP contribution in [-0.4, -0.2) is 61.0 Å². The first-order valence-electron chi connectivity index (χ1n) is 4.47. The van der Waals surface area contributed by atoms with E-state index in [0.29, 0.717) is 0 Å². The van der Waals surface area contributed by atoms with Crippen LogP contribution in [0.3, 0.4) is 0 Å². The molecule has 0 rings (SSSR count). The van der Waals surface area contributed by atoms with E-state index in [-0.39, 0.29) is 0 Å². The van der Waals surface area contributed by atoms with Crippen LogP contribution < -0.4 is 0 Å². The van der Waals surface area contributed by atoms with Crippen molar-refractivity contribution in [1.82, 2.24) is 0 Å². The molecule has 0 aliphatic carbocycles. The van der Waals surface area contributed by atoms with Gasteiger partial charge in [-0.15, -0.1) is 0 Å². The molecule has 0 atom stereocenters. The van der Waals surface area contributed by atoms with Gasteiger partial charge >= 0.3 is 18.3 Å². The van der Waals surface area contributed by atoms with Crippen molar-refractivity contribution in [2.24, 2.45) is 0 Å². The van der Waals surface area contributed by atoms with Gasteiger partial charge in [-0.25, -0.2) is 0 Å². The van der Waals surface area contributed by atoms with Crippen molar-refractivity contribution in [3.63, 3.8) is 0 Å². The summed E-state index contributed by atoms with van der Waals surface area (Å²) in [6.45, 7) is 3.53. The molecule has 98 valence electrons. The summed E-state index contributed by atoms with van der Waals surface area (Å²) in [5.41, 5.74) is 1.58. The van der Waals surface area contributed by atoms with Gasteiger partial charge in [0.05, 0.1) is 0 Å². The summed E-state index contributed by atoms with van der Waals surface area (Å²) in [5.74, 6) is 0. The summed E-state index contributed by atoms with van der Waals surface area (Å²) < 4.78 is 29.1. The fraction of sp³-hybridized carbons (Fsp3) is 0.750. The predicted molar refractivity (Wildman–Crippen MR) is 65.2 cm³/mol. The van der Waals surface area contributed by atoms with E-state index in [1.54, 1.807) is 48.4 Å². The Bertz CT molecular complexity index is 147. The smallest absolute Gasteiger partial charge is 0.379 e. The molecule has 0 aliphatic heterocycles. The first-order valence-corrected chi connectivity index (χ1v) is 7.68. The zero-order chi connectivity index (χ0) is 13.0. The lowest BCUT2D eigenvalue weighted by Crippen LogP contribution is -2.40. The van der Waals surface area contributed by atoms with Crippen LogP contribution in [0, 0.1) is 0 Å². The highest BCUT2D eigenvalue weighted by Crippen LogP contribution is 2.04. The predicted octanol–water partition coefficient (Wildman–Crippen LogP) is 0.232. The Balaban J connectivity index is 0. The quantitative estimate of drug-likeness (QED) is 0.617. The summed E-state index contributed by atoms with van der Waals surface area (Å²) in [5, 5.41) is 0. The molecule has 0 radical (unpaired) electrons. The van der Waals surface area contributed by atoms with Crippen LogP contribution in [0.2, 0.25) is 0 Å². The van der Waals surface area contributed by atoms with E-state index < -0.39 is 18.3 Å². The minimum absolute atomic E-state index is 1.54. The molecule has 0 aromatic heterocycles. The molecule has 16 heavy (non-hydrogen) atoms. The molecule has 0 unspecified atom stereocenters. The number of rotatable bonds is 7. The Labute approximate surface area is 100 Å². The van der Waals surface area contributed by atoms with Crippen LogP contribution >= 0.6 is 0 Å². The highest BCUT2D eigenvalue weighted by atomic mass is 28.4. The second-order valence-electron chi connectivity index (χ2n) is 2.42. The average Bonchev–Trinajstić information content (AvgIpc) is 2.36. The van der Waals surface area contributed by atoms with E-state index in [9.17, 15) is 0 Å². The van der Waals surface area contributed by atoms with E-state index in [4.69, 9.17) is 26.6 Å². The second kappa shape index (κ2) is 11.4. The number of hydrogen-bond donors (Lipinski definition) is 0.